The molecule has 4 nitrogen and oxygen atoms in total. The number of aryl methyl sites for hydroxylation is 3. The third-order valence-electron chi connectivity index (χ3n) is 4.61. The second kappa shape index (κ2) is 8.17. The molecule has 140 valence electrons. The number of hydrogen-bond acceptors (Lipinski definition) is 5. The van der Waals surface area contributed by atoms with Crippen LogP contribution in [0.2, 0.25) is 5.02 Å². The van der Waals surface area contributed by atoms with Crippen molar-refractivity contribution in [3.8, 4) is 0 Å². The number of thiophene rings is 1. The summed E-state index contributed by atoms with van der Waals surface area (Å²) in [5.41, 5.74) is 2.52. The van der Waals surface area contributed by atoms with Crippen LogP contribution in [0.15, 0.2) is 29.3 Å². The smallest absolute Gasteiger partial charge is 0.230 e. The van der Waals surface area contributed by atoms with E-state index in [1.165, 1.54) is 34.0 Å². The van der Waals surface area contributed by atoms with Gasteiger partial charge in [0.2, 0.25) is 5.91 Å². The van der Waals surface area contributed by atoms with Crippen LogP contribution in [-0.4, -0.2) is 28.2 Å². The first kappa shape index (κ1) is 18.7. The number of amides is 1. The molecule has 2 aromatic heterocycles. The quantitative estimate of drug-likeness (QED) is 0.470. The van der Waals surface area contributed by atoms with Crippen molar-refractivity contribution in [3.05, 3.63) is 51.1 Å². The first-order chi connectivity index (χ1) is 13.1. The largest absolute Gasteiger partial charge is 0.355 e. The van der Waals surface area contributed by atoms with Crippen LogP contribution in [0.4, 0.5) is 0 Å². The van der Waals surface area contributed by atoms with E-state index in [-0.39, 0.29) is 5.91 Å². The zero-order valence-corrected chi connectivity index (χ0v) is 17.4. The Labute approximate surface area is 171 Å². The Morgan fingerprint density at radius 3 is 3.07 bits per heavy atom. The van der Waals surface area contributed by atoms with Crippen LogP contribution in [0, 0.1) is 6.92 Å². The fourth-order valence-corrected chi connectivity index (χ4v) is 5.91. The van der Waals surface area contributed by atoms with Gasteiger partial charge in [0.1, 0.15) is 15.7 Å². The first-order valence-corrected chi connectivity index (χ1v) is 11.2. The Bertz CT molecular complexity index is 1000. The summed E-state index contributed by atoms with van der Waals surface area (Å²) in [5.74, 6) is 1.16. The molecule has 0 saturated carbocycles. The van der Waals surface area contributed by atoms with Gasteiger partial charge in [0.25, 0.3) is 0 Å². The molecule has 0 aliphatic heterocycles. The van der Waals surface area contributed by atoms with Crippen molar-refractivity contribution in [1.29, 1.82) is 0 Å². The molecule has 4 rings (SSSR count). The van der Waals surface area contributed by atoms with Crippen molar-refractivity contribution in [2.24, 2.45) is 0 Å². The second-order valence-electron chi connectivity index (χ2n) is 6.63. The maximum atomic E-state index is 12.3. The van der Waals surface area contributed by atoms with Gasteiger partial charge in [-0.05, 0) is 55.9 Å². The predicted molar refractivity (Wildman–Crippen MR) is 113 cm³/mol. The van der Waals surface area contributed by atoms with Crippen LogP contribution in [0.5, 0.6) is 0 Å². The third-order valence-corrected chi connectivity index (χ3v) is 7.00. The van der Waals surface area contributed by atoms with Gasteiger partial charge in [-0.2, -0.15) is 0 Å². The number of thioether (sulfide) groups is 1. The van der Waals surface area contributed by atoms with Crippen molar-refractivity contribution in [2.45, 2.75) is 37.6 Å². The van der Waals surface area contributed by atoms with Gasteiger partial charge < -0.3 is 5.32 Å². The van der Waals surface area contributed by atoms with E-state index in [1.54, 1.807) is 11.3 Å². The molecule has 7 heteroatoms. The van der Waals surface area contributed by atoms with Gasteiger partial charge in [0.05, 0.1) is 5.75 Å². The normalized spacial score (nSPS) is 13.1. The van der Waals surface area contributed by atoms with Crippen molar-refractivity contribution in [2.75, 3.05) is 12.3 Å². The molecule has 1 N–H and O–H groups in total. The molecule has 0 radical (unpaired) electrons. The lowest BCUT2D eigenvalue weighted by molar-refractivity contribution is -0.118. The number of hydrogen-bond donors (Lipinski definition) is 1. The highest BCUT2D eigenvalue weighted by atomic mass is 35.5. The van der Waals surface area contributed by atoms with Gasteiger partial charge in [-0.15, -0.1) is 11.3 Å². The topological polar surface area (TPSA) is 54.9 Å². The number of carbonyl (C=O) groups is 1. The minimum atomic E-state index is 0.0262. The first-order valence-electron chi connectivity index (χ1n) is 9.03. The summed E-state index contributed by atoms with van der Waals surface area (Å²) < 4.78 is 0. The Balaban J connectivity index is 1.38. The van der Waals surface area contributed by atoms with Crippen LogP contribution in [0.1, 0.15) is 28.2 Å². The standard InChI is InChI=1S/C20H20ClN3OS2/c1-12-23-19(18-15-6-3-7-16(15)27-20(18)24-12)26-11-17(25)22-9-8-13-4-2-5-14(21)10-13/h2,4-5,10H,3,6-9,11H2,1H3,(H,22,25). The molecule has 0 atom stereocenters. The Morgan fingerprint density at radius 2 is 2.22 bits per heavy atom. The fourth-order valence-electron chi connectivity index (χ4n) is 3.39. The average molecular weight is 418 g/mol. The number of carbonyl (C=O) groups excluding carboxylic acids is 1. The van der Waals surface area contributed by atoms with Crippen molar-refractivity contribution < 1.29 is 4.79 Å². The van der Waals surface area contributed by atoms with Gasteiger partial charge in [0.15, 0.2) is 0 Å². The molecule has 0 bridgehead atoms. The number of nitrogens with one attached hydrogen (secondary N) is 1. The van der Waals surface area contributed by atoms with E-state index in [4.69, 9.17) is 11.6 Å². The van der Waals surface area contributed by atoms with Crippen LogP contribution in [-0.2, 0) is 24.1 Å². The highest BCUT2D eigenvalue weighted by Crippen LogP contribution is 2.40. The van der Waals surface area contributed by atoms with E-state index in [2.05, 4.69) is 15.3 Å². The molecule has 1 aliphatic carbocycles. The zero-order chi connectivity index (χ0) is 18.8. The minimum absolute atomic E-state index is 0.0262. The number of fused-ring (bicyclic) bond motifs is 3. The minimum Gasteiger partial charge on any atom is -0.355 e. The highest BCUT2D eigenvalue weighted by Gasteiger charge is 2.22. The van der Waals surface area contributed by atoms with Crippen LogP contribution in [0.25, 0.3) is 10.2 Å². The Hall–Kier alpha value is -1.63. The van der Waals surface area contributed by atoms with E-state index >= 15 is 0 Å². The lowest BCUT2D eigenvalue weighted by atomic mass is 10.1. The summed E-state index contributed by atoms with van der Waals surface area (Å²) in [6, 6.07) is 7.73. The van der Waals surface area contributed by atoms with Gasteiger partial charge in [-0.3, -0.25) is 4.79 Å². The van der Waals surface area contributed by atoms with Crippen molar-refractivity contribution >= 4 is 50.8 Å². The Kier molecular flexibility index (Phi) is 5.66. The number of benzene rings is 1. The summed E-state index contributed by atoms with van der Waals surface area (Å²) in [6.45, 7) is 2.52. The lowest BCUT2D eigenvalue weighted by Gasteiger charge is -2.07. The van der Waals surface area contributed by atoms with Gasteiger partial charge in [-0.25, -0.2) is 9.97 Å². The van der Waals surface area contributed by atoms with Crippen LogP contribution >= 0.6 is 34.7 Å². The number of nitrogens with zero attached hydrogens (tertiary/aromatic N) is 2. The molecule has 1 aromatic carbocycles. The SMILES string of the molecule is Cc1nc(SCC(=O)NCCc2cccc(Cl)c2)c2c3c(sc2n1)CCC3. The summed E-state index contributed by atoms with van der Waals surface area (Å²) in [4.78, 5) is 24.0. The van der Waals surface area contributed by atoms with Crippen molar-refractivity contribution in [1.82, 2.24) is 15.3 Å². The van der Waals surface area contributed by atoms with Crippen LogP contribution < -0.4 is 5.32 Å². The third kappa shape index (κ3) is 4.28. The molecule has 3 aromatic rings. The highest BCUT2D eigenvalue weighted by molar-refractivity contribution is 8.00. The van der Waals surface area contributed by atoms with E-state index in [0.29, 0.717) is 12.3 Å². The second-order valence-corrected chi connectivity index (χ2v) is 9.12. The van der Waals surface area contributed by atoms with Crippen LogP contribution in [0.3, 0.4) is 0 Å². The van der Waals surface area contributed by atoms with E-state index in [0.717, 1.165) is 45.5 Å². The average Bonchev–Trinajstić information content (AvgIpc) is 3.20. The summed E-state index contributed by atoms with van der Waals surface area (Å²) in [7, 11) is 0. The number of rotatable bonds is 6. The molecule has 0 saturated heterocycles. The molecule has 0 spiro atoms. The van der Waals surface area contributed by atoms with Crippen molar-refractivity contribution in [3.63, 3.8) is 0 Å². The molecule has 0 fully saturated rings. The summed E-state index contributed by atoms with van der Waals surface area (Å²) in [6.07, 6.45) is 4.22. The summed E-state index contributed by atoms with van der Waals surface area (Å²) in [5, 5.41) is 5.83. The molecule has 0 unspecified atom stereocenters. The summed E-state index contributed by atoms with van der Waals surface area (Å²) >= 11 is 9.29. The molecule has 2 heterocycles. The monoisotopic (exact) mass is 417 g/mol. The maximum Gasteiger partial charge on any atom is 0.230 e. The zero-order valence-electron chi connectivity index (χ0n) is 15.0. The number of aromatic nitrogens is 2. The van der Waals surface area contributed by atoms with Gasteiger partial charge in [0, 0.05) is 21.8 Å². The molecule has 1 aliphatic rings. The van der Waals surface area contributed by atoms with E-state index < -0.39 is 0 Å². The van der Waals surface area contributed by atoms with Gasteiger partial charge in [-0.1, -0.05) is 35.5 Å². The molecular weight excluding hydrogens is 398 g/mol. The Morgan fingerprint density at radius 1 is 1.33 bits per heavy atom. The molecule has 1 amide bonds. The maximum absolute atomic E-state index is 12.3. The lowest BCUT2D eigenvalue weighted by Crippen LogP contribution is -2.27. The molecule has 27 heavy (non-hydrogen) atoms. The van der Waals surface area contributed by atoms with E-state index in [1.807, 2.05) is 31.2 Å². The fraction of sp³-hybridized carbons (Fsp3) is 0.350. The van der Waals surface area contributed by atoms with E-state index in [9.17, 15) is 4.79 Å². The predicted octanol–water partition coefficient (Wildman–Crippen LogP) is 4.59. The van der Waals surface area contributed by atoms with Gasteiger partial charge >= 0.3 is 0 Å². The number of halogens is 1. The molecular formula is C20H20ClN3OS2.